The molecule has 0 radical (unpaired) electrons. The molecule has 1 aliphatic heterocycles. The number of hydrogen-bond acceptors (Lipinski definition) is 3. The van der Waals surface area contributed by atoms with E-state index in [0.717, 1.165) is 11.1 Å². The number of esters is 1. The zero-order chi connectivity index (χ0) is 12.6. The predicted octanol–water partition coefficient (Wildman–Crippen LogP) is 1.55. The minimum Gasteiger partial charge on any atom is -0.465 e. The third kappa shape index (κ3) is 1.90. The van der Waals surface area contributed by atoms with E-state index in [1.165, 1.54) is 7.11 Å². The average molecular weight is 233 g/mol. The third-order valence-electron chi connectivity index (χ3n) is 3.33. The van der Waals surface area contributed by atoms with Crippen molar-refractivity contribution in [1.29, 1.82) is 0 Å². The summed E-state index contributed by atoms with van der Waals surface area (Å²) in [5.74, 6) is -0.293. The zero-order valence-electron chi connectivity index (χ0n) is 10.2. The Bertz CT molecular complexity index is 482. The highest BCUT2D eigenvalue weighted by Crippen LogP contribution is 2.29. The topological polar surface area (TPSA) is 46.6 Å². The maximum Gasteiger partial charge on any atom is 0.337 e. The van der Waals surface area contributed by atoms with Crippen molar-refractivity contribution in [3.63, 3.8) is 0 Å². The van der Waals surface area contributed by atoms with Crippen molar-refractivity contribution in [2.24, 2.45) is 0 Å². The molecule has 0 N–H and O–H groups in total. The number of methoxy groups -OCH3 is 1. The second kappa shape index (κ2) is 4.20. The highest BCUT2D eigenvalue weighted by atomic mass is 16.5. The van der Waals surface area contributed by atoms with Crippen LogP contribution in [-0.4, -0.2) is 30.9 Å². The lowest BCUT2D eigenvalue weighted by molar-refractivity contribution is -0.132. The lowest BCUT2D eigenvalue weighted by Gasteiger charge is -2.32. The van der Waals surface area contributed by atoms with E-state index in [1.807, 2.05) is 13.0 Å². The molecule has 0 spiro atoms. The number of likely N-dealkylation sites (N-methyl/N-ethyl adjacent to an activating group) is 1. The zero-order valence-corrected chi connectivity index (χ0v) is 10.2. The number of carbonyl (C=O) groups is 2. The Morgan fingerprint density at radius 1 is 1.47 bits per heavy atom. The van der Waals surface area contributed by atoms with Crippen molar-refractivity contribution in [3.05, 3.63) is 34.9 Å². The lowest BCUT2D eigenvalue weighted by Crippen LogP contribution is -2.35. The maximum absolute atomic E-state index is 11.7. The number of ether oxygens (including phenoxy) is 1. The Balaban J connectivity index is 2.44. The van der Waals surface area contributed by atoms with Gasteiger partial charge in [0.25, 0.3) is 0 Å². The van der Waals surface area contributed by atoms with Crippen LogP contribution in [0.4, 0.5) is 0 Å². The third-order valence-corrected chi connectivity index (χ3v) is 3.33. The molecule has 1 aliphatic rings. The maximum atomic E-state index is 11.7. The van der Waals surface area contributed by atoms with Gasteiger partial charge in [0.2, 0.25) is 5.91 Å². The second-order valence-electron chi connectivity index (χ2n) is 4.26. The van der Waals surface area contributed by atoms with Crippen LogP contribution < -0.4 is 0 Å². The normalized spacial score (nSPS) is 18.9. The van der Waals surface area contributed by atoms with Crippen LogP contribution in [-0.2, 0) is 16.0 Å². The van der Waals surface area contributed by atoms with E-state index in [9.17, 15) is 9.59 Å². The van der Waals surface area contributed by atoms with Gasteiger partial charge in [-0.3, -0.25) is 4.79 Å². The largest absolute Gasteiger partial charge is 0.465 e. The van der Waals surface area contributed by atoms with Gasteiger partial charge in [0.1, 0.15) is 0 Å². The molecule has 90 valence electrons. The van der Waals surface area contributed by atoms with E-state index < -0.39 is 0 Å². The van der Waals surface area contributed by atoms with Gasteiger partial charge in [0, 0.05) is 7.05 Å². The van der Waals surface area contributed by atoms with Gasteiger partial charge in [-0.1, -0.05) is 6.07 Å². The van der Waals surface area contributed by atoms with E-state index in [2.05, 4.69) is 4.74 Å². The first kappa shape index (κ1) is 11.6. The summed E-state index contributed by atoms with van der Waals surface area (Å²) in [5, 5.41) is 0. The fraction of sp³-hybridized carbons (Fsp3) is 0.385. The summed E-state index contributed by atoms with van der Waals surface area (Å²) >= 11 is 0. The van der Waals surface area contributed by atoms with Crippen LogP contribution in [0.3, 0.4) is 0 Å². The predicted molar refractivity (Wildman–Crippen MR) is 62.7 cm³/mol. The van der Waals surface area contributed by atoms with Gasteiger partial charge in [-0.15, -0.1) is 0 Å². The number of rotatable bonds is 1. The summed E-state index contributed by atoms with van der Waals surface area (Å²) in [6, 6.07) is 5.45. The SMILES string of the molecule is COC(=O)c1ccc2c(c1)CC(=O)N(C)C2C. The van der Waals surface area contributed by atoms with E-state index in [1.54, 1.807) is 24.1 Å². The van der Waals surface area contributed by atoms with Gasteiger partial charge in [0.05, 0.1) is 25.1 Å². The van der Waals surface area contributed by atoms with Gasteiger partial charge < -0.3 is 9.64 Å². The Kier molecular flexibility index (Phi) is 2.88. The Labute approximate surface area is 100 Å². The summed E-state index contributed by atoms with van der Waals surface area (Å²) in [6.07, 6.45) is 0.348. The van der Waals surface area contributed by atoms with Crippen molar-refractivity contribution in [2.45, 2.75) is 19.4 Å². The van der Waals surface area contributed by atoms with E-state index >= 15 is 0 Å². The molecular weight excluding hydrogens is 218 g/mol. The number of fused-ring (bicyclic) bond motifs is 1. The molecule has 0 aliphatic carbocycles. The molecular formula is C13H15NO3. The van der Waals surface area contributed by atoms with E-state index in [4.69, 9.17) is 0 Å². The summed E-state index contributed by atoms with van der Waals surface area (Å²) in [6.45, 7) is 1.98. The minimum atomic E-state index is -0.369. The summed E-state index contributed by atoms with van der Waals surface area (Å²) in [4.78, 5) is 24.9. The monoisotopic (exact) mass is 233 g/mol. The Morgan fingerprint density at radius 2 is 2.18 bits per heavy atom. The molecule has 0 saturated heterocycles. The standard InChI is InChI=1S/C13H15NO3/c1-8-11-5-4-9(13(16)17-3)6-10(11)7-12(15)14(8)2/h4-6,8H,7H2,1-3H3. The number of carbonyl (C=O) groups excluding carboxylic acids is 2. The van der Waals surface area contributed by atoms with Gasteiger partial charge in [-0.2, -0.15) is 0 Å². The van der Waals surface area contributed by atoms with Gasteiger partial charge in [-0.05, 0) is 30.2 Å². The number of nitrogens with zero attached hydrogens (tertiary/aromatic N) is 1. The van der Waals surface area contributed by atoms with Crippen molar-refractivity contribution < 1.29 is 14.3 Å². The Morgan fingerprint density at radius 3 is 2.82 bits per heavy atom. The van der Waals surface area contributed by atoms with Crippen LogP contribution in [0.2, 0.25) is 0 Å². The first-order valence-electron chi connectivity index (χ1n) is 5.51. The highest BCUT2D eigenvalue weighted by molar-refractivity contribution is 5.90. The first-order valence-corrected chi connectivity index (χ1v) is 5.51. The molecule has 0 bridgehead atoms. The molecule has 1 aromatic carbocycles. The van der Waals surface area contributed by atoms with Crippen LogP contribution in [0.15, 0.2) is 18.2 Å². The number of amides is 1. The minimum absolute atomic E-state index is 0.0537. The first-order chi connectivity index (χ1) is 8.04. The van der Waals surface area contributed by atoms with Gasteiger partial charge in [0.15, 0.2) is 0 Å². The molecule has 1 unspecified atom stereocenters. The molecule has 1 amide bonds. The molecule has 0 fully saturated rings. The molecule has 17 heavy (non-hydrogen) atoms. The van der Waals surface area contributed by atoms with Gasteiger partial charge in [-0.25, -0.2) is 4.79 Å². The lowest BCUT2D eigenvalue weighted by atomic mass is 9.92. The molecule has 4 heteroatoms. The van der Waals surface area contributed by atoms with Crippen LogP contribution in [0.25, 0.3) is 0 Å². The van der Waals surface area contributed by atoms with Crippen molar-refractivity contribution in [1.82, 2.24) is 4.90 Å². The van der Waals surface area contributed by atoms with Crippen LogP contribution in [0.5, 0.6) is 0 Å². The van der Waals surface area contributed by atoms with Crippen LogP contribution >= 0.6 is 0 Å². The van der Waals surface area contributed by atoms with Crippen LogP contribution in [0.1, 0.15) is 34.5 Å². The molecule has 2 rings (SSSR count). The number of hydrogen-bond donors (Lipinski definition) is 0. The summed E-state index contributed by atoms with van der Waals surface area (Å²) < 4.78 is 4.67. The highest BCUT2D eigenvalue weighted by Gasteiger charge is 2.27. The van der Waals surface area contributed by atoms with E-state index in [-0.39, 0.29) is 17.9 Å². The Hall–Kier alpha value is -1.84. The fourth-order valence-electron chi connectivity index (χ4n) is 2.12. The van der Waals surface area contributed by atoms with Crippen molar-refractivity contribution in [2.75, 3.05) is 14.2 Å². The second-order valence-corrected chi connectivity index (χ2v) is 4.26. The summed E-state index contributed by atoms with van der Waals surface area (Å²) in [7, 11) is 3.15. The molecule has 1 aromatic rings. The number of benzene rings is 1. The van der Waals surface area contributed by atoms with Gasteiger partial charge >= 0.3 is 5.97 Å². The van der Waals surface area contributed by atoms with E-state index in [0.29, 0.717) is 12.0 Å². The molecule has 4 nitrogen and oxygen atoms in total. The molecule has 1 heterocycles. The molecule has 1 atom stereocenters. The molecule has 0 saturated carbocycles. The average Bonchev–Trinajstić information content (AvgIpc) is 2.34. The van der Waals surface area contributed by atoms with Crippen molar-refractivity contribution >= 4 is 11.9 Å². The van der Waals surface area contributed by atoms with Crippen LogP contribution in [0, 0.1) is 0 Å². The summed E-state index contributed by atoms with van der Waals surface area (Å²) in [5.41, 5.74) is 2.51. The quantitative estimate of drug-likeness (QED) is 0.691. The smallest absolute Gasteiger partial charge is 0.337 e. The fourth-order valence-corrected chi connectivity index (χ4v) is 2.12. The molecule has 0 aromatic heterocycles. The van der Waals surface area contributed by atoms with Crippen molar-refractivity contribution in [3.8, 4) is 0 Å².